The zero-order chi connectivity index (χ0) is 11.2. The monoisotopic (exact) mass is 213 g/mol. The van der Waals surface area contributed by atoms with Crippen LogP contribution in [0.25, 0.3) is 5.78 Å². The van der Waals surface area contributed by atoms with Gasteiger partial charge in [-0.15, -0.1) is 5.10 Å². The lowest BCUT2D eigenvalue weighted by Crippen LogP contribution is -2.05. The summed E-state index contributed by atoms with van der Waals surface area (Å²) in [6, 6.07) is 2.35. The third-order valence-electron chi connectivity index (χ3n) is 3.07. The second-order valence-electron chi connectivity index (χ2n) is 4.16. The van der Waals surface area contributed by atoms with E-state index in [1.807, 2.05) is 13.1 Å². The average molecular weight is 213 g/mol. The zero-order valence-electron chi connectivity index (χ0n) is 9.01. The Morgan fingerprint density at radius 3 is 3.00 bits per heavy atom. The lowest BCUT2D eigenvalue weighted by molar-refractivity contribution is 0.828. The Balaban J connectivity index is 2.13. The van der Waals surface area contributed by atoms with Gasteiger partial charge in [0, 0.05) is 24.4 Å². The molecule has 0 aromatic carbocycles. The van der Waals surface area contributed by atoms with Crippen molar-refractivity contribution in [3.05, 3.63) is 23.8 Å². The van der Waals surface area contributed by atoms with Crippen LogP contribution < -0.4 is 0 Å². The van der Waals surface area contributed by atoms with Gasteiger partial charge in [0.05, 0.1) is 11.5 Å². The number of aromatic nitrogens is 4. The van der Waals surface area contributed by atoms with E-state index in [1.54, 1.807) is 10.7 Å². The largest absolute Gasteiger partial charge is 0.252 e. The predicted octanol–water partition coefficient (Wildman–Crippen LogP) is 1.24. The molecule has 0 radical (unpaired) electrons. The Labute approximate surface area is 92.8 Å². The molecule has 0 unspecified atom stereocenters. The van der Waals surface area contributed by atoms with Gasteiger partial charge in [-0.25, -0.2) is 9.50 Å². The number of aryl methyl sites for hydroxylation is 1. The SMILES string of the molecule is CCc1nc2ncc(C3(C#N)CC3)cn2n1. The van der Waals surface area contributed by atoms with Gasteiger partial charge in [0.15, 0.2) is 5.82 Å². The lowest BCUT2D eigenvalue weighted by Gasteiger charge is -2.04. The normalized spacial score (nSPS) is 17.2. The van der Waals surface area contributed by atoms with Gasteiger partial charge < -0.3 is 0 Å². The summed E-state index contributed by atoms with van der Waals surface area (Å²) < 4.78 is 1.67. The summed E-state index contributed by atoms with van der Waals surface area (Å²) >= 11 is 0. The third-order valence-corrected chi connectivity index (χ3v) is 3.07. The summed E-state index contributed by atoms with van der Waals surface area (Å²) in [4.78, 5) is 8.50. The van der Waals surface area contributed by atoms with Crippen LogP contribution in [0.1, 0.15) is 31.2 Å². The molecule has 2 heterocycles. The maximum atomic E-state index is 9.11. The highest BCUT2D eigenvalue weighted by Gasteiger charge is 2.45. The van der Waals surface area contributed by atoms with Gasteiger partial charge in [0.1, 0.15) is 0 Å². The van der Waals surface area contributed by atoms with E-state index in [-0.39, 0.29) is 5.41 Å². The van der Waals surface area contributed by atoms with Gasteiger partial charge in [-0.2, -0.15) is 10.2 Å². The molecule has 2 aromatic rings. The van der Waals surface area contributed by atoms with E-state index in [9.17, 15) is 0 Å². The van der Waals surface area contributed by atoms with Crippen molar-refractivity contribution in [3.8, 4) is 6.07 Å². The zero-order valence-corrected chi connectivity index (χ0v) is 9.01. The molecule has 0 N–H and O–H groups in total. The molecule has 80 valence electrons. The number of hydrogen-bond donors (Lipinski definition) is 0. The topological polar surface area (TPSA) is 66.9 Å². The van der Waals surface area contributed by atoms with Crippen molar-refractivity contribution in [2.45, 2.75) is 31.6 Å². The number of nitrogens with zero attached hydrogens (tertiary/aromatic N) is 5. The molecule has 0 saturated heterocycles. The molecular formula is C11H11N5. The Kier molecular flexibility index (Phi) is 1.75. The first-order valence-electron chi connectivity index (χ1n) is 5.40. The van der Waals surface area contributed by atoms with E-state index in [0.717, 1.165) is 30.7 Å². The van der Waals surface area contributed by atoms with E-state index >= 15 is 0 Å². The van der Waals surface area contributed by atoms with Crippen LogP contribution in [0.4, 0.5) is 0 Å². The number of fused-ring (bicyclic) bond motifs is 1. The standard InChI is InChI=1S/C11H11N5/c1-2-9-14-10-13-5-8(6-16(10)15-9)11(7-12)3-4-11/h5-6H,2-4H2,1H3. The van der Waals surface area contributed by atoms with Crippen molar-refractivity contribution in [3.63, 3.8) is 0 Å². The van der Waals surface area contributed by atoms with Gasteiger partial charge in [-0.3, -0.25) is 0 Å². The summed E-state index contributed by atoms with van der Waals surface area (Å²) in [7, 11) is 0. The quantitative estimate of drug-likeness (QED) is 0.752. The van der Waals surface area contributed by atoms with Crippen molar-refractivity contribution in [1.82, 2.24) is 19.6 Å². The second-order valence-corrected chi connectivity index (χ2v) is 4.16. The molecule has 0 atom stereocenters. The lowest BCUT2D eigenvalue weighted by atomic mass is 10.0. The molecule has 0 amide bonds. The Bertz CT molecular complexity index is 588. The molecule has 1 aliphatic rings. The van der Waals surface area contributed by atoms with Crippen molar-refractivity contribution >= 4 is 5.78 Å². The molecule has 1 saturated carbocycles. The van der Waals surface area contributed by atoms with Crippen molar-refractivity contribution in [2.24, 2.45) is 0 Å². The summed E-state index contributed by atoms with van der Waals surface area (Å²) in [5, 5.41) is 13.4. The van der Waals surface area contributed by atoms with Crippen LogP contribution in [0.2, 0.25) is 0 Å². The van der Waals surface area contributed by atoms with Gasteiger partial charge in [0.2, 0.25) is 0 Å². The minimum atomic E-state index is -0.306. The number of rotatable bonds is 2. The van der Waals surface area contributed by atoms with Gasteiger partial charge in [-0.1, -0.05) is 6.92 Å². The molecule has 2 aromatic heterocycles. The third kappa shape index (κ3) is 1.20. The van der Waals surface area contributed by atoms with Crippen LogP contribution in [-0.2, 0) is 11.8 Å². The first-order valence-corrected chi connectivity index (χ1v) is 5.40. The summed E-state index contributed by atoms with van der Waals surface area (Å²) in [6.45, 7) is 2.01. The summed E-state index contributed by atoms with van der Waals surface area (Å²) in [5.41, 5.74) is 0.648. The van der Waals surface area contributed by atoms with Crippen molar-refractivity contribution in [1.29, 1.82) is 5.26 Å². The highest BCUT2D eigenvalue weighted by atomic mass is 15.3. The predicted molar refractivity (Wildman–Crippen MR) is 56.7 cm³/mol. The maximum Gasteiger partial charge on any atom is 0.252 e. The van der Waals surface area contributed by atoms with E-state index < -0.39 is 0 Å². The fourth-order valence-corrected chi connectivity index (χ4v) is 1.81. The van der Waals surface area contributed by atoms with E-state index in [0.29, 0.717) is 5.78 Å². The summed E-state index contributed by atoms with van der Waals surface area (Å²) in [5.74, 6) is 1.39. The van der Waals surface area contributed by atoms with E-state index in [2.05, 4.69) is 21.1 Å². The van der Waals surface area contributed by atoms with Crippen LogP contribution in [0.3, 0.4) is 0 Å². The number of nitriles is 1. The van der Waals surface area contributed by atoms with Crippen molar-refractivity contribution < 1.29 is 0 Å². The minimum absolute atomic E-state index is 0.306. The van der Waals surface area contributed by atoms with Crippen LogP contribution in [0.5, 0.6) is 0 Å². The van der Waals surface area contributed by atoms with Gasteiger partial charge >= 0.3 is 0 Å². The molecule has 0 bridgehead atoms. The van der Waals surface area contributed by atoms with Gasteiger partial charge in [0.25, 0.3) is 5.78 Å². The molecule has 16 heavy (non-hydrogen) atoms. The summed E-state index contributed by atoms with van der Waals surface area (Å²) in [6.07, 6.45) is 6.27. The minimum Gasteiger partial charge on any atom is -0.219 e. The Hall–Kier alpha value is -1.96. The first-order chi connectivity index (χ1) is 7.77. The fourth-order valence-electron chi connectivity index (χ4n) is 1.81. The highest BCUT2D eigenvalue weighted by molar-refractivity contribution is 5.39. The van der Waals surface area contributed by atoms with E-state index in [1.165, 1.54) is 0 Å². The van der Waals surface area contributed by atoms with Crippen LogP contribution >= 0.6 is 0 Å². The van der Waals surface area contributed by atoms with Gasteiger partial charge in [-0.05, 0) is 12.8 Å². The molecule has 5 heteroatoms. The fraction of sp³-hybridized carbons (Fsp3) is 0.455. The van der Waals surface area contributed by atoms with E-state index in [4.69, 9.17) is 5.26 Å². The van der Waals surface area contributed by atoms with Crippen LogP contribution in [0.15, 0.2) is 12.4 Å². The maximum absolute atomic E-state index is 9.11. The van der Waals surface area contributed by atoms with Crippen LogP contribution in [-0.4, -0.2) is 19.6 Å². The molecule has 5 nitrogen and oxygen atoms in total. The molecule has 3 rings (SSSR count). The Morgan fingerprint density at radius 1 is 1.56 bits per heavy atom. The van der Waals surface area contributed by atoms with Crippen LogP contribution in [0, 0.1) is 11.3 Å². The second kappa shape index (κ2) is 3.01. The Morgan fingerprint density at radius 2 is 2.38 bits per heavy atom. The molecule has 1 fully saturated rings. The van der Waals surface area contributed by atoms with Crippen molar-refractivity contribution in [2.75, 3.05) is 0 Å². The average Bonchev–Trinajstić information content (AvgIpc) is 3.01. The highest BCUT2D eigenvalue weighted by Crippen LogP contribution is 2.47. The smallest absolute Gasteiger partial charge is 0.219 e. The molecule has 0 aliphatic heterocycles. The molecule has 0 spiro atoms. The number of hydrogen-bond acceptors (Lipinski definition) is 4. The molecular weight excluding hydrogens is 202 g/mol. The first kappa shape index (κ1) is 9.28. The molecule has 1 aliphatic carbocycles.